The number of H-pyrrole nitrogens is 1. The van der Waals surface area contributed by atoms with Gasteiger partial charge >= 0.3 is 5.97 Å². The average molecular weight is 431 g/mol. The van der Waals surface area contributed by atoms with Gasteiger partial charge in [-0.2, -0.15) is 0 Å². The van der Waals surface area contributed by atoms with Gasteiger partial charge in [0, 0.05) is 28.2 Å². The molecule has 4 heteroatoms. The number of carbonyl (C=O) groups is 2. The number of esters is 1. The third-order valence-corrected chi connectivity index (χ3v) is 5.65. The zero-order valence-corrected chi connectivity index (χ0v) is 17.8. The predicted molar refractivity (Wildman–Crippen MR) is 129 cm³/mol. The standard InChI is InChI=1S/C29H21NO3/c31-27(25-19-30-26-14-8-7-13-24(25)26)28(22-11-5-2-6-12-22)33-29(32)23-17-15-21(16-18-23)20-9-3-1-4-10-20/h1-19,28,30H. The van der Waals surface area contributed by atoms with E-state index in [0.717, 1.165) is 22.0 Å². The lowest BCUT2D eigenvalue weighted by Crippen LogP contribution is -2.20. The number of carbonyl (C=O) groups excluding carboxylic acids is 2. The van der Waals surface area contributed by atoms with Gasteiger partial charge < -0.3 is 9.72 Å². The maximum absolute atomic E-state index is 13.5. The van der Waals surface area contributed by atoms with Crippen molar-refractivity contribution in [1.29, 1.82) is 0 Å². The Bertz CT molecular complexity index is 1400. The summed E-state index contributed by atoms with van der Waals surface area (Å²) >= 11 is 0. The van der Waals surface area contributed by atoms with Crippen molar-refractivity contribution >= 4 is 22.7 Å². The summed E-state index contributed by atoms with van der Waals surface area (Å²) in [5, 5.41) is 0.798. The molecule has 0 aliphatic rings. The molecule has 5 rings (SSSR count). The van der Waals surface area contributed by atoms with Crippen molar-refractivity contribution in [2.75, 3.05) is 0 Å². The maximum atomic E-state index is 13.5. The quantitative estimate of drug-likeness (QED) is 0.243. The van der Waals surface area contributed by atoms with Crippen LogP contribution in [0.25, 0.3) is 22.0 Å². The van der Waals surface area contributed by atoms with Gasteiger partial charge in [-0.1, -0.05) is 91.0 Å². The van der Waals surface area contributed by atoms with Gasteiger partial charge in [0.2, 0.25) is 5.78 Å². The van der Waals surface area contributed by atoms with E-state index in [0.29, 0.717) is 16.7 Å². The largest absolute Gasteiger partial charge is 0.445 e. The summed E-state index contributed by atoms with van der Waals surface area (Å²) < 4.78 is 5.80. The smallest absolute Gasteiger partial charge is 0.339 e. The highest BCUT2D eigenvalue weighted by molar-refractivity contribution is 6.11. The Labute approximate surface area is 191 Å². The topological polar surface area (TPSA) is 59.2 Å². The summed E-state index contributed by atoms with van der Waals surface area (Å²) in [6.45, 7) is 0. The highest BCUT2D eigenvalue weighted by Gasteiger charge is 2.28. The van der Waals surface area contributed by atoms with Gasteiger partial charge in [0.15, 0.2) is 6.10 Å². The van der Waals surface area contributed by atoms with Gasteiger partial charge in [-0.3, -0.25) is 4.79 Å². The normalized spacial score (nSPS) is 11.8. The Morgan fingerprint density at radius 3 is 2.00 bits per heavy atom. The molecule has 0 radical (unpaired) electrons. The number of benzene rings is 4. The van der Waals surface area contributed by atoms with Crippen molar-refractivity contribution < 1.29 is 14.3 Å². The van der Waals surface area contributed by atoms with Crippen LogP contribution in [-0.4, -0.2) is 16.7 Å². The second kappa shape index (κ2) is 8.97. The van der Waals surface area contributed by atoms with E-state index in [9.17, 15) is 9.59 Å². The first-order chi connectivity index (χ1) is 16.2. The molecule has 0 saturated heterocycles. The molecule has 4 nitrogen and oxygen atoms in total. The molecule has 4 aromatic carbocycles. The second-order valence-electron chi connectivity index (χ2n) is 7.75. The Balaban J connectivity index is 1.44. The van der Waals surface area contributed by atoms with Gasteiger partial charge in [0.1, 0.15) is 0 Å². The van der Waals surface area contributed by atoms with Crippen LogP contribution >= 0.6 is 0 Å². The van der Waals surface area contributed by atoms with Crippen LogP contribution in [0.2, 0.25) is 0 Å². The lowest BCUT2D eigenvalue weighted by Gasteiger charge is -2.17. The van der Waals surface area contributed by atoms with Gasteiger partial charge in [-0.25, -0.2) is 4.79 Å². The molecule has 1 atom stereocenters. The number of Topliss-reactive ketones (excluding diaryl/α,β-unsaturated/α-hetero) is 1. The van der Waals surface area contributed by atoms with Crippen LogP contribution in [0.3, 0.4) is 0 Å². The molecule has 0 saturated carbocycles. The molecule has 1 heterocycles. The van der Waals surface area contributed by atoms with E-state index in [2.05, 4.69) is 4.98 Å². The summed E-state index contributed by atoms with van der Waals surface area (Å²) in [6.07, 6.45) is 0.623. The molecule has 33 heavy (non-hydrogen) atoms. The maximum Gasteiger partial charge on any atom is 0.339 e. The first-order valence-corrected chi connectivity index (χ1v) is 10.7. The van der Waals surface area contributed by atoms with Crippen LogP contribution in [0.15, 0.2) is 115 Å². The number of hydrogen-bond donors (Lipinski definition) is 1. The van der Waals surface area contributed by atoms with Crippen LogP contribution < -0.4 is 0 Å². The molecular weight excluding hydrogens is 410 g/mol. The first-order valence-electron chi connectivity index (χ1n) is 10.7. The number of rotatable bonds is 6. The molecule has 0 bridgehead atoms. The molecule has 160 valence electrons. The molecule has 0 amide bonds. The third-order valence-electron chi connectivity index (χ3n) is 5.65. The van der Waals surface area contributed by atoms with Crippen LogP contribution in [0.4, 0.5) is 0 Å². The summed E-state index contributed by atoms with van der Waals surface area (Å²) in [6, 6.07) is 33.8. The van der Waals surface area contributed by atoms with Crippen molar-refractivity contribution in [1.82, 2.24) is 4.98 Å². The molecule has 0 fully saturated rings. The summed E-state index contributed by atoms with van der Waals surface area (Å²) in [5.74, 6) is -0.815. The summed E-state index contributed by atoms with van der Waals surface area (Å²) in [4.78, 5) is 29.7. The zero-order valence-electron chi connectivity index (χ0n) is 17.8. The first kappa shape index (κ1) is 20.5. The minimum absolute atomic E-state index is 0.270. The Hall–Kier alpha value is -4.44. The highest BCUT2D eigenvalue weighted by Crippen LogP contribution is 2.28. The highest BCUT2D eigenvalue weighted by atomic mass is 16.5. The second-order valence-corrected chi connectivity index (χ2v) is 7.75. The Morgan fingerprint density at radius 1 is 0.667 bits per heavy atom. The van der Waals surface area contributed by atoms with Crippen LogP contribution in [0.5, 0.6) is 0 Å². The van der Waals surface area contributed by atoms with E-state index in [1.165, 1.54) is 0 Å². The minimum atomic E-state index is -1.05. The number of ether oxygens (including phenoxy) is 1. The fraction of sp³-hybridized carbons (Fsp3) is 0.0345. The summed E-state index contributed by atoms with van der Waals surface area (Å²) in [5.41, 5.74) is 4.43. The molecule has 0 aliphatic heterocycles. The van der Waals surface area contributed by atoms with Crippen molar-refractivity contribution in [2.24, 2.45) is 0 Å². The van der Waals surface area contributed by atoms with Crippen LogP contribution in [-0.2, 0) is 4.74 Å². The number of aromatic amines is 1. The zero-order chi connectivity index (χ0) is 22.6. The molecule has 1 aromatic heterocycles. The average Bonchev–Trinajstić information content (AvgIpc) is 3.32. The molecule has 0 spiro atoms. The summed E-state index contributed by atoms with van der Waals surface area (Å²) in [7, 11) is 0. The number of para-hydroxylation sites is 1. The van der Waals surface area contributed by atoms with Crippen molar-refractivity contribution in [2.45, 2.75) is 6.10 Å². The van der Waals surface area contributed by atoms with Gasteiger partial charge in [-0.15, -0.1) is 0 Å². The molecule has 5 aromatic rings. The fourth-order valence-electron chi connectivity index (χ4n) is 3.92. The van der Waals surface area contributed by atoms with Gasteiger partial charge in [0.25, 0.3) is 0 Å². The Morgan fingerprint density at radius 2 is 1.27 bits per heavy atom. The minimum Gasteiger partial charge on any atom is -0.445 e. The molecule has 0 aliphatic carbocycles. The SMILES string of the molecule is O=C(OC(C(=O)c1c[nH]c2ccccc12)c1ccccc1)c1ccc(-c2ccccc2)cc1. The third kappa shape index (κ3) is 4.19. The molecular formula is C29H21NO3. The van der Waals surface area contributed by atoms with Crippen LogP contribution in [0, 0.1) is 0 Å². The van der Waals surface area contributed by atoms with Crippen LogP contribution in [0.1, 0.15) is 32.4 Å². The van der Waals surface area contributed by atoms with E-state index < -0.39 is 12.1 Å². The lowest BCUT2D eigenvalue weighted by molar-refractivity contribution is 0.0280. The fourth-order valence-corrected chi connectivity index (χ4v) is 3.92. The number of ketones is 1. The number of aromatic nitrogens is 1. The van der Waals surface area contributed by atoms with Gasteiger partial charge in [0.05, 0.1) is 5.56 Å². The van der Waals surface area contributed by atoms with Gasteiger partial charge in [-0.05, 0) is 29.3 Å². The van der Waals surface area contributed by atoms with Crippen molar-refractivity contribution in [3.05, 3.63) is 132 Å². The number of fused-ring (bicyclic) bond motifs is 1. The monoisotopic (exact) mass is 431 g/mol. The van der Waals surface area contributed by atoms with Crippen molar-refractivity contribution in [3.8, 4) is 11.1 Å². The van der Waals surface area contributed by atoms with E-state index >= 15 is 0 Å². The number of nitrogens with one attached hydrogen (secondary N) is 1. The van der Waals surface area contributed by atoms with E-state index in [4.69, 9.17) is 4.74 Å². The molecule has 1 N–H and O–H groups in total. The van der Waals surface area contributed by atoms with E-state index in [1.807, 2.05) is 84.9 Å². The predicted octanol–water partition coefficient (Wildman–Crippen LogP) is 6.62. The lowest BCUT2D eigenvalue weighted by atomic mass is 9.99. The Kier molecular flexibility index (Phi) is 5.56. The van der Waals surface area contributed by atoms with E-state index in [1.54, 1.807) is 30.5 Å². The van der Waals surface area contributed by atoms with E-state index in [-0.39, 0.29) is 5.78 Å². The number of hydrogen-bond acceptors (Lipinski definition) is 3. The van der Waals surface area contributed by atoms with Crippen molar-refractivity contribution in [3.63, 3.8) is 0 Å². The molecule has 1 unspecified atom stereocenters.